The van der Waals surface area contributed by atoms with Crippen LogP contribution in [0.3, 0.4) is 0 Å². The Morgan fingerprint density at radius 3 is 2.52 bits per heavy atom. The van der Waals surface area contributed by atoms with Gasteiger partial charge in [0.05, 0.1) is 12.2 Å². The van der Waals surface area contributed by atoms with E-state index in [2.05, 4.69) is 32.0 Å². The van der Waals surface area contributed by atoms with E-state index >= 15 is 0 Å². The SMILES string of the molecule is O=c1cc2c(nn1CCN1CCN(c3ccncc3)CC1)CCCC2. The van der Waals surface area contributed by atoms with Crippen molar-refractivity contribution in [2.24, 2.45) is 0 Å². The summed E-state index contributed by atoms with van der Waals surface area (Å²) in [5.74, 6) is 0. The summed E-state index contributed by atoms with van der Waals surface area (Å²) in [5.41, 5.74) is 3.59. The smallest absolute Gasteiger partial charge is 0.267 e. The molecular formula is C19H25N5O. The topological polar surface area (TPSA) is 54.3 Å². The van der Waals surface area contributed by atoms with E-state index < -0.39 is 0 Å². The van der Waals surface area contributed by atoms with Crippen LogP contribution in [-0.4, -0.2) is 52.4 Å². The van der Waals surface area contributed by atoms with Gasteiger partial charge >= 0.3 is 0 Å². The Balaban J connectivity index is 1.33. The molecule has 0 spiro atoms. The van der Waals surface area contributed by atoms with E-state index in [1.54, 1.807) is 4.68 Å². The minimum absolute atomic E-state index is 0.0519. The van der Waals surface area contributed by atoms with Crippen LogP contribution in [0.2, 0.25) is 0 Å². The largest absolute Gasteiger partial charge is 0.369 e. The maximum Gasteiger partial charge on any atom is 0.267 e. The van der Waals surface area contributed by atoms with Crippen molar-refractivity contribution >= 4 is 5.69 Å². The second-order valence-electron chi connectivity index (χ2n) is 6.92. The van der Waals surface area contributed by atoms with Crippen LogP contribution in [0.15, 0.2) is 35.4 Å². The van der Waals surface area contributed by atoms with E-state index in [0.717, 1.165) is 51.3 Å². The summed E-state index contributed by atoms with van der Waals surface area (Å²) in [4.78, 5) is 21.2. The molecule has 1 aliphatic heterocycles. The molecule has 0 amide bonds. The second-order valence-corrected chi connectivity index (χ2v) is 6.92. The summed E-state index contributed by atoms with van der Waals surface area (Å²) in [6, 6.07) is 5.93. The molecule has 1 aliphatic carbocycles. The zero-order valence-corrected chi connectivity index (χ0v) is 14.6. The van der Waals surface area contributed by atoms with Crippen LogP contribution in [0.25, 0.3) is 0 Å². The quantitative estimate of drug-likeness (QED) is 0.841. The molecule has 6 heteroatoms. The Bertz CT molecular complexity index is 765. The number of hydrogen-bond acceptors (Lipinski definition) is 5. The molecule has 0 atom stereocenters. The predicted molar refractivity (Wildman–Crippen MR) is 98.0 cm³/mol. The standard InChI is InChI=1S/C19H25N5O/c25-19-15-16-3-1-2-4-18(16)21-24(19)14-11-22-9-12-23(13-10-22)17-5-7-20-8-6-17/h5-8,15H,1-4,9-14H2. The lowest BCUT2D eigenvalue weighted by Crippen LogP contribution is -2.47. The molecule has 132 valence electrons. The minimum atomic E-state index is 0.0519. The van der Waals surface area contributed by atoms with E-state index in [1.165, 1.54) is 24.1 Å². The monoisotopic (exact) mass is 339 g/mol. The third-order valence-corrected chi connectivity index (χ3v) is 5.30. The van der Waals surface area contributed by atoms with Crippen LogP contribution in [0, 0.1) is 0 Å². The predicted octanol–water partition coefficient (Wildman–Crippen LogP) is 1.34. The third kappa shape index (κ3) is 3.74. The average molecular weight is 339 g/mol. The number of piperazine rings is 1. The lowest BCUT2D eigenvalue weighted by Gasteiger charge is -2.36. The summed E-state index contributed by atoms with van der Waals surface area (Å²) in [6.07, 6.45) is 8.08. The first-order valence-corrected chi connectivity index (χ1v) is 9.27. The lowest BCUT2D eigenvalue weighted by molar-refractivity contribution is 0.242. The van der Waals surface area contributed by atoms with Crippen molar-refractivity contribution in [1.29, 1.82) is 0 Å². The van der Waals surface area contributed by atoms with E-state index in [1.807, 2.05) is 18.5 Å². The van der Waals surface area contributed by atoms with Gasteiger partial charge in [0.15, 0.2) is 0 Å². The number of anilines is 1. The Morgan fingerprint density at radius 2 is 1.72 bits per heavy atom. The average Bonchev–Trinajstić information content (AvgIpc) is 2.67. The molecule has 6 nitrogen and oxygen atoms in total. The van der Waals surface area contributed by atoms with Gasteiger partial charge in [0.2, 0.25) is 0 Å². The summed E-state index contributed by atoms with van der Waals surface area (Å²) in [7, 11) is 0. The zero-order valence-electron chi connectivity index (χ0n) is 14.6. The Kier molecular flexibility index (Phi) is 4.78. The molecule has 2 aromatic rings. The van der Waals surface area contributed by atoms with Gasteiger partial charge in [-0.1, -0.05) is 0 Å². The molecule has 3 heterocycles. The summed E-state index contributed by atoms with van der Waals surface area (Å²) < 4.78 is 1.67. The first-order chi connectivity index (χ1) is 12.3. The number of nitrogens with zero attached hydrogens (tertiary/aromatic N) is 5. The first kappa shape index (κ1) is 16.3. The van der Waals surface area contributed by atoms with Gasteiger partial charge in [-0.25, -0.2) is 4.68 Å². The van der Waals surface area contributed by atoms with Gasteiger partial charge in [-0.2, -0.15) is 5.10 Å². The first-order valence-electron chi connectivity index (χ1n) is 9.27. The maximum atomic E-state index is 12.3. The van der Waals surface area contributed by atoms with Gasteiger partial charge in [-0.3, -0.25) is 14.7 Å². The highest BCUT2D eigenvalue weighted by Gasteiger charge is 2.18. The van der Waals surface area contributed by atoms with Crippen molar-refractivity contribution in [3.63, 3.8) is 0 Å². The molecule has 2 aliphatic rings. The van der Waals surface area contributed by atoms with Gasteiger partial charge in [-0.15, -0.1) is 0 Å². The number of hydrogen-bond donors (Lipinski definition) is 0. The summed E-state index contributed by atoms with van der Waals surface area (Å²) in [5, 5.41) is 4.62. The van der Waals surface area contributed by atoms with Gasteiger partial charge in [-0.05, 0) is 43.4 Å². The van der Waals surface area contributed by atoms with E-state index in [0.29, 0.717) is 6.54 Å². The number of fused-ring (bicyclic) bond motifs is 1. The third-order valence-electron chi connectivity index (χ3n) is 5.30. The van der Waals surface area contributed by atoms with Crippen LogP contribution < -0.4 is 10.5 Å². The highest BCUT2D eigenvalue weighted by molar-refractivity contribution is 5.44. The number of aromatic nitrogens is 3. The van der Waals surface area contributed by atoms with Crippen LogP contribution in [0.1, 0.15) is 24.1 Å². The fraction of sp³-hybridized carbons (Fsp3) is 0.526. The fourth-order valence-corrected chi connectivity index (χ4v) is 3.78. The number of pyridine rings is 1. The molecule has 0 unspecified atom stereocenters. The molecule has 0 bridgehead atoms. The van der Waals surface area contributed by atoms with E-state index in [9.17, 15) is 4.79 Å². The van der Waals surface area contributed by atoms with Crippen molar-refractivity contribution < 1.29 is 0 Å². The molecule has 0 saturated carbocycles. The number of rotatable bonds is 4. The van der Waals surface area contributed by atoms with Crippen molar-refractivity contribution in [3.05, 3.63) is 52.2 Å². The summed E-state index contributed by atoms with van der Waals surface area (Å²) in [6.45, 7) is 5.62. The molecule has 0 aromatic carbocycles. The number of aryl methyl sites for hydroxylation is 2. The summed E-state index contributed by atoms with van der Waals surface area (Å²) >= 11 is 0. The molecular weight excluding hydrogens is 314 g/mol. The van der Waals surface area contributed by atoms with Crippen LogP contribution in [0.4, 0.5) is 5.69 Å². The maximum absolute atomic E-state index is 12.3. The Hall–Kier alpha value is -2.21. The Labute approximate surface area is 148 Å². The minimum Gasteiger partial charge on any atom is -0.369 e. The van der Waals surface area contributed by atoms with Gasteiger partial charge in [0.25, 0.3) is 5.56 Å². The molecule has 2 aromatic heterocycles. The molecule has 1 saturated heterocycles. The molecule has 0 N–H and O–H groups in total. The van der Waals surface area contributed by atoms with Gasteiger partial charge in [0, 0.05) is 56.9 Å². The fourth-order valence-electron chi connectivity index (χ4n) is 3.78. The highest BCUT2D eigenvalue weighted by Crippen LogP contribution is 2.17. The molecule has 25 heavy (non-hydrogen) atoms. The highest BCUT2D eigenvalue weighted by atomic mass is 16.1. The lowest BCUT2D eigenvalue weighted by atomic mass is 9.97. The molecule has 4 rings (SSSR count). The van der Waals surface area contributed by atoms with Crippen LogP contribution >= 0.6 is 0 Å². The molecule has 0 radical (unpaired) electrons. The second kappa shape index (κ2) is 7.35. The van der Waals surface area contributed by atoms with Crippen molar-refractivity contribution in [2.75, 3.05) is 37.6 Å². The molecule has 1 fully saturated rings. The van der Waals surface area contributed by atoms with Gasteiger partial charge < -0.3 is 4.90 Å². The normalized spacial score (nSPS) is 18.2. The zero-order chi connectivity index (χ0) is 17.1. The van der Waals surface area contributed by atoms with E-state index in [-0.39, 0.29) is 5.56 Å². The Morgan fingerprint density at radius 1 is 0.960 bits per heavy atom. The van der Waals surface area contributed by atoms with Gasteiger partial charge in [0.1, 0.15) is 0 Å². The van der Waals surface area contributed by atoms with Crippen LogP contribution in [0.5, 0.6) is 0 Å². The van der Waals surface area contributed by atoms with Crippen molar-refractivity contribution in [1.82, 2.24) is 19.7 Å². The van der Waals surface area contributed by atoms with Crippen molar-refractivity contribution in [3.8, 4) is 0 Å². The van der Waals surface area contributed by atoms with Crippen LogP contribution in [-0.2, 0) is 19.4 Å². The van der Waals surface area contributed by atoms with Crippen molar-refractivity contribution in [2.45, 2.75) is 32.2 Å². The van der Waals surface area contributed by atoms with E-state index in [4.69, 9.17) is 0 Å².